The maximum absolute atomic E-state index is 12.5. The number of hydrogen-bond acceptors (Lipinski definition) is 5. The number of nitrogens with one attached hydrogen (secondary N) is 3. The van der Waals surface area contributed by atoms with E-state index in [0.29, 0.717) is 29.2 Å². The second kappa shape index (κ2) is 7.32. The van der Waals surface area contributed by atoms with Crippen LogP contribution in [0.1, 0.15) is 21.6 Å². The number of pyridine rings is 1. The molecule has 0 spiro atoms. The Morgan fingerprint density at radius 2 is 2.04 bits per heavy atom. The van der Waals surface area contributed by atoms with Crippen LogP contribution in [0.5, 0.6) is 0 Å². The van der Waals surface area contributed by atoms with Gasteiger partial charge in [0.25, 0.3) is 5.91 Å². The Balaban J connectivity index is 1.79. The van der Waals surface area contributed by atoms with Crippen LogP contribution in [-0.2, 0) is 6.54 Å². The molecule has 0 unspecified atom stereocenters. The van der Waals surface area contributed by atoms with Gasteiger partial charge in [0, 0.05) is 24.0 Å². The molecule has 0 aliphatic rings. The normalized spacial score (nSPS) is 10.9. The highest BCUT2D eigenvalue weighted by Gasteiger charge is 2.11. The quantitative estimate of drug-likeness (QED) is 0.649. The molecule has 1 amide bonds. The number of nitrogens with zero attached hydrogens (tertiary/aromatic N) is 3. The van der Waals surface area contributed by atoms with Gasteiger partial charge < -0.3 is 10.2 Å². The van der Waals surface area contributed by atoms with Crippen LogP contribution in [0.2, 0.25) is 0 Å². The van der Waals surface area contributed by atoms with E-state index >= 15 is 0 Å². The fourth-order valence-electron chi connectivity index (χ4n) is 2.48. The van der Waals surface area contributed by atoms with Crippen LogP contribution in [-0.4, -0.2) is 45.1 Å². The first-order chi connectivity index (χ1) is 12.4. The Kier molecular flexibility index (Phi) is 4.94. The van der Waals surface area contributed by atoms with Crippen molar-refractivity contribution in [2.45, 2.75) is 13.5 Å². The number of amides is 1. The van der Waals surface area contributed by atoms with Crippen molar-refractivity contribution < 1.29 is 4.79 Å². The molecule has 0 bridgehead atoms. The number of carbonyl (C=O) groups is 1. The van der Waals surface area contributed by atoms with Crippen molar-refractivity contribution in [2.24, 2.45) is 0 Å². The highest BCUT2D eigenvalue weighted by atomic mass is 16.2. The maximum atomic E-state index is 12.5. The lowest BCUT2D eigenvalue weighted by Gasteiger charge is -2.11. The van der Waals surface area contributed by atoms with Crippen molar-refractivity contribution in [1.82, 2.24) is 25.1 Å². The minimum Gasteiger partial charge on any atom is -0.322 e. The first-order valence-corrected chi connectivity index (χ1v) is 8.09. The third-order valence-electron chi connectivity index (χ3n) is 3.83. The molecular formula is C18H20N6O2. The zero-order valence-electron chi connectivity index (χ0n) is 14.8. The summed E-state index contributed by atoms with van der Waals surface area (Å²) in [5.41, 5.74) is 3.24. The molecule has 0 saturated carbocycles. The van der Waals surface area contributed by atoms with E-state index in [4.69, 9.17) is 0 Å². The molecule has 3 N–H and O–H groups in total. The number of H-pyrrole nitrogens is 2. The number of hydrogen-bond donors (Lipinski definition) is 3. The topological polar surface area (TPSA) is 107 Å². The van der Waals surface area contributed by atoms with Crippen LogP contribution in [0.3, 0.4) is 0 Å². The minimum absolute atomic E-state index is 0.246. The molecule has 26 heavy (non-hydrogen) atoms. The van der Waals surface area contributed by atoms with E-state index in [-0.39, 0.29) is 11.6 Å². The summed E-state index contributed by atoms with van der Waals surface area (Å²) in [6.07, 6.45) is 1.57. The van der Waals surface area contributed by atoms with Gasteiger partial charge >= 0.3 is 5.69 Å². The Hall–Kier alpha value is -3.26. The molecular weight excluding hydrogens is 332 g/mol. The van der Waals surface area contributed by atoms with Crippen LogP contribution in [0.25, 0.3) is 11.4 Å². The van der Waals surface area contributed by atoms with Gasteiger partial charge in [-0.25, -0.2) is 9.89 Å². The van der Waals surface area contributed by atoms with Gasteiger partial charge in [0.2, 0.25) is 0 Å². The summed E-state index contributed by atoms with van der Waals surface area (Å²) in [6.45, 7) is 2.61. The number of benzene rings is 1. The second-order valence-corrected chi connectivity index (χ2v) is 6.29. The van der Waals surface area contributed by atoms with Gasteiger partial charge in [-0.2, -0.15) is 5.10 Å². The second-order valence-electron chi connectivity index (χ2n) is 6.29. The van der Waals surface area contributed by atoms with E-state index in [1.165, 1.54) is 0 Å². The summed E-state index contributed by atoms with van der Waals surface area (Å²) in [4.78, 5) is 32.7. The van der Waals surface area contributed by atoms with E-state index in [2.05, 4.69) is 25.5 Å². The average Bonchev–Trinajstić information content (AvgIpc) is 3.03. The predicted octanol–water partition coefficient (Wildman–Crippen LogP) is 1.78. The van der Waals surface area contributed by atoms with Gasteiger partial charge in [0.1, 0.15) is 0 Å². The minimum atomic E-state index is -0.380. The Labute approximate surface area is 150 Å². The number of carbonyl (C=O) groups excluding carboxylic acids is 1. The molecule has 0 fully saturated rings. The van der Waals surface area contributed by atoms with Crippen molar-refractivity contribution in [3.63, 3.8) is 0 Å². The van der Waals surface area contributed by atoms with Crippen LogP contribution in [0, 0.1) is 6.92 Å². The van der Waals surface area contributed by atoms with Crippen molar-refractivity contribution in [3.05, 3.63) is 63.8 Å². The zero-order chi connectivity index (χ0) is 18.7. The van der Waals surface area contributed by atoms with E-state index in [1.54, 1.807) is 18.3 Å². The predicted molar refractivity (Wildman–Crippen MR) is 99.0 cm³/mol. The third kappa shape index (κ3) is 4.04. The zero-order valence-corrected chi connectivity index (χ0v) is 14.8. The number of aryl methyl sites for hydroxylation is 1. The lowest BCUT2D eigenvalue weighted by molar-refractivity contribution is 0.102. The summed E-state index contributed by atoms with van der Waals surface area (Å²) in [7, 11) is 3.93. The van der Waals surface area contributed by atoms with E-state index in [0.717, 1.165) is 11.3 Å². The van der Waals surface area contributed by atoms with Gasteiger partial charge in [0.15, 0.2) is 5.82 Å². The number of anilines is 1. The van der Waals surface area contributed by atoms with Gasteiger partial charge in [-0.05, 0) is 44.8 Å². The van der Waals surface area contributed by atoms with Crippen LogP contribution < -0.4 is 11.0 Å². The van der Waals surface area contributed by atoms with Crippen LogP contribution in [0.4, 0.5) is 5.69 Å². The number of aromatic amines is 2. The van der Waals surface area contributed by atoms with Gasteiger partial charge in [-0.1, -0.05) is 12.1 Å². The molecule has 1 aromatic carbocycles. The molecule has 0 saturated heterocycles. The molecule has 2 aromatic heterocycles. The maximum Gasteiger partial charge on any atom is 0.340 e. The lowest BCUT2D eigenvalue weighted by atomic mass is 10.1. The first kappa shape index (κ1) is 17.6. The molecule has 8 heteroatoms. The molecule has 0 aliphatic carbocycles. The first-order valence-electron chi connectivity index (χ1n) is 8.09. The lowest BCUT2D eigenvalue weighted by Crippen LogP contribution is -2.15. The summed E-state index contributed by atoms with van der Waals surface area (Å²) in [5.74, 6) is 0.171. The standard InChI is InChI=1S/C18H20N6O2/c1-11-4-5-12(16-21-18(26)23-22-16)8-15(11)20-17(25)13-6-7-14(19-9-13)10-24(2)3/h4-9H,10H2,1-3H3,(H,20,25)(H2,21,22,23,26). The highest BCUT2D eigenvalue weighted by Crippen LogP contribution is 2.23. The SMILES string of the molecule is Cc1ccc(-c2n[nH]c(=O)[nH]2)cc1NC(=O)c1ccc(CN(C)C)nc1. The molecule has 3 aromatic rings. The largest absolute Gasteiger partial charge is 0.340 e. The average molecular weight is 352 g/mol. The van der Waals surface area contributed by atoms with Gasteiger partial charge in [-0.15, -0.1) is 0 Å². The molecule has 3 rings (SSSR count). The summed E-state index contributed by atoms with van der Waals surface area (Å²) in [5, 5.41) is 9.12. The van der Waals surface area contributed by atoms with E-state index in [1.807, 2.05) is 44.1 Å². The molecule has 0 atom stereocenters. The Morgan fingerprint density at radius 1 is 1.23 bits per heavy atom. The third-order valence-corrected chi connectivity index (χ3v) is 3.83. The highest BCUT2D eigenvalue weighted by molar-refractivity contribution is 6.04. The Morgan fingerprint density at radius 3 is 2.65 bits per heavy atom. The van der Waals surface area contributed by atoms with Gasteiger partial charge in [-0.3, -0.25) is 14.8 Å². The number of rotatable bonds is 5. The molecule has 0 radical (unpaired) electrons. The summed E-state index contributed by atoms with van der Waals surface area (Å²) < 4.78 is 0. The molecule has 2 heterocycles. The number of aromatic nitrogens is 4. The van der Waals surface area contributed by atoms with Crippen molar-refractivity contribution in [1.29, 1.82) is 0 Å². The van der Waals surface area contributed by atoms with Crippen molar-refractivity contribution in [3.8, 4) is 11.4 Å². The summed E-state index contributed by atoms with van der Waals surface area (Å²) in [6, 6.07) is 9.05. The van der Waals surface area contributed by atoms with E-state index < -0.39 is 0 Å². The Bertz CT molecular complexity index is 972. The molecule has 8 nitrogen and oxygen atoms in total. The van der Waals surface area contributed by atoms with E-state index in [9.17, 15) is 9.59 Å². The monoisotopic (exact) mass is 352 g/mol. The van der Waals surface area contributed by atoms with Crippen molar-refractivity contribution in [2.75, 3.05) is 19.4 Å². The fourth-order valence-corrected chi connectivity index (χ4v) is 2.48. The van der Waals surface area contributed by atoms with Crippen molar-refractivity contribution >= 4 is 11.6 Å². The fraction of sp³-hybridized carbons (Fsp3) is 0.222. The molecule has 134 valence electrons. The smallest absolute Gasteiger partial charge is 0.322 e. The van der Waals surface area contributed by atoms with Crippen LogP contribution in [0.15, 0.2) is 41.3 Å². The summed E-state index contributed by atoms with van der Waals surface area (Å²) >= 11 is 0. The van der Waals surface area contributed by atoms with Gasteiger partial charge in [0.05, 0.1) is 11.3 Å². The van der Waals surface area contributed by atoms with Crippen LogP contribution >= 0.6 is 0 Å². The molecule has 0 aliphatic heterocycles.